The molecule has 2 aliphatic rings. The molecule has 0 atom stereocenters. The third kappa shape index (κ3) is 4.14. The minimum Gasteiger partial charge on any atom is -0.478 e. The molecule has 0 unspecified atom stereocenters. The highest BCUT2D eigenvalue weighted by atomic mass is 16.5. The van der Waals surface area contributed by atoms with Gasteiger partial charge in [-0.3, -0.25) is 9.69 Å². The number of carbonyl (C=O) groups excluding carboxylic acids is 1. The average molecular weight is 435 g/mol. The van der Waals surface area contributed by atoms with E-state index in [1.807, 2.05) is 30.9 Å². The lowest BCUT2D eigenvalue weighted by Gasteiger charge is -2.36. The number of para-hydroxylation sites is 1. The number of fused-ring (bicyclic) bond motifs is 3. The summed E-state index contributed by atoms with van der Waals surface area (Å²) in [5, 5.41) is 1.23. The van der Waals surface area contributed by atoms with Crippen molar-refractivity contribution in [2.75, 3.05) is 50.8 Å². The van der Waals surface area contributed by atoms with Crippen LogP contribution in [0.3, 0.4) is 0 Å². The van der Waals surface area contributed by atoms with Crippen molar-refractivity contribution in [3.05, 3.63) is 47.3 Å². The van der Waals surface area contributed by atoms with Gasteiger partial charge in [0.15, 0.2) is 0 Å². The number of aromatic amines is 1. The molecule has 5 rings (SSSR count). The van der Waals surface area contributed by atoms with Crippen LogP contribution in [-0.4, -0.2) is 76.5 Å². The lowest BCUT2D eigenvalue weighted by molar-refractivity contribution is -0.133. The van der Waals surface area contributed by atoms with Gasteiger partial charge in [0.1, 0.15) is 0 Å². The second-order valence-electron chi connectivity index (χ2n) is 8.54. The highest BCUT2D eigenvalue weighted by Gasteiger charge is 2.27. The van der Waals surface area contributed by atoms with Crippen molar-refractivity contribution in [1.29, 1.82) is 0 Å². The van der Waals surface area contributed by atoms with Gasteiger partial charge in [0.25, 0.3) is 0 Å². The summed E-state index contributed by atoms with van der Waals surface area (Å²) in [5.74, 6) is 1.54. The number of aromatic nitrogens is 3. The van der Waals surface area contributed by atoms with Crippen LogP contribution in [0.25, 0.3) is 10.9 Å². The van der Waals surface area contributed by atoms with Gasteiger partial charge in [0.2, 0.25) is 17.7 Å². The zero-order valence-corrected chi connectivity index (χ0v) is 18.8. The quantitative estimate of drug-likeness (QED) is 0.664. The number of carbonyl (C=O) groups is 1. The van der Waals surface area contributed by atoms with Crippen molar-refractivity contribution in [3.8, 4) is 5.88 Å². The summed E-state index contributed by atoms with van der Waals surface area (Å²) >= 11 is 0. The first-order chi connectivity index (χ1) is 15.6. The molecule has 1 fully saturated rings. The van der Waals surface area contributed by atoms with Gasteiger partial charge in [0, 0.05) is 79.6 Å². The van der Waals surface area contributed by atoms with E-state index in [1.54, 1.807) is 0 Å². The molecule has 1 saturated heterocycles. The minimum absolute atomic E-state index is 0.208. The first-order valence-corrected chi connectivity index (χ1v) is 11.4. The van der Waals surface area contributed by atoms with Gasteiger partial charge in [-0.1, -0.05) is 18.2 Å². The van der Waals surface area contributed by atoms with Gasteiger partial charge in [-0.05, 0) is 19.9 Å². The molecule has 0 spiro atoms. The smallest absolute Gasteiger partial charge is 0.237 e. The van der Waals surface area contributed by atoms with Crippen molar-refractivity contribution >= 4 is 22.8 Å². The van der Waals surface area contributed by atoms with Gasteiger partial charge in [-0.25, -0.2) is 4.98 Å². The van der Waals surface area contributed by atoms with Gasteiger partial charge >= 0.3 is 0 Å². The summed E-state index contributed by atoms with van der Waals surface area (Å²) in [6.07, 6.45) is 0.885. The van der Waals surface area contributed by atoms with E-state index in [0.29, 0.717) is 31.5 Å². The van der Waals surface area contributed by atoms with Crippen LogP contribution in [0.2, 0.25) is 0 Å². The topological polar surface area (TPSA) is 77.6 Å². The molecule has 2 aliphatic heterocycles. The van der Waals surface area contributed by atoms with E-state index in [0.717, 1.165) is 50.4 Å². The number of nitrogens with one attached hydrogen (secondary N) is 1. The number of nitrogens with zero attached hydrogens (tertiary/aromatic N) is 5. The molecule has 32 heavy (non-hydrogen) atoms. The third-order valence-electron chi connectivity index (χ3n) is 6.36. The van der Waals surface area contributed by atoms with E-state index >= 15 is 0 Å². The number of anilines is 1. The Hall–Kier alpha value is -3.13. The fourth-order valence-electron chi connectivity index (χ4n) is 4.66. The molecular weight excluding hydrogens is 404 g/mol. The molecule has 1 N–H and O–H groups in total. The molecule has 4 heterocycles. The van der Waals surface area contributed by atoms with Crippen LogP contribution in [0.1, 0.15) is 23.9 Å². The summed E-state index contributed by atoms with van der Waals surface area (Å²) < 4.78 is 5.56. The molecule has 1 aromatic carbocycles. The Morgan fingerprint density at radius 3 is 2.75 bits per heavy atom. The fourth-order valence-corrected chi connectivity index (χ4v) is 4.66. The van der Waals surface area contributed by atoms with Crippen LogP contribution < -0.4 is 9.64 Å². The number of aryl methyl sites for hydroxylation is 1. The van der Waals surface area contributed by atoms with Gasteiger partial charge in [0.05, 0.1) is 13.2 Å². The average Bonchev–Trinajstić information content (AvgIpc) is 3.17. The van der Waals surface area contributed by atoms with Gasteiger partial charge < -0.3 is 19.5 Å². The Morgan fingerprint density at radius 1 is 1.12 bits per heavy atom. The Bertz CT molecular complexity index is 1120. The first kappa shape index (κ1) is 20.8. The number of rotatable bonds is 5. The predicted octanol–water partition coefficient (Wildman–Crippen LogP) is 2.37. The summed E-state index contributed by atoms with van der Waals surface area (Å²) in [6, 6.07) is 10.2. The maximum Gasteiger partial charge on any atom is 0.237 e. The second kappa shape index (κ2) is 8.78. The van der Waals surface area contributed by atoms with Crippen molar-refractivity contribution in [2.24, 2.45) is 0 Å². The van der Waals surface area contributed by atoms with Crippen LogP contribution in [0, 0.1) is 6.92 Å². The van der Waals surface area contributed by atoms with E-state index in [2.05, 4.69) is 43.0 Å². The zero-order valence-electron chi connectivity index (χ0n) is 18.8. The Kier molecular flexibility index (Phi) is 5.70. The standard InChI is InChI=1S/C24H30N6O2/c1-3-32-22-14-17(2)25-24(27-22)29-12-10-28(11-13-29)16-23(31)30-9-8-21-19(15-30)18-6-4-5-7-20(18)26-21/h4-7,14,26H,3,8-13,15-16H2,1-2H3. The Labute approximate surface area is 188 Å². The van der Waals surface area contributed by atoms with Crippen molar-refractivity contribution in [3.63, 3.8) is 0 Å². The van der Waals surface area contributed by atoms with Gasteiger partial charge in [-0.2, -0.15) is 4.98 Å². The largest absolute Gasteiger partial charge is 0.478 e. The lowest BCUT2D eigenvalue weighted by Crippen LogP contribution is -2.51. The van der Waals surface area contributed by atoms with Crippen LogP contribution in [0.15, 0.2) is 30.3 Å². The summed E-state index contributed by atoms with van der Waals surface area (Å²) in [5.41, 5.74) is 4.60. The van der Waals surface area contributed by atoms with Gasteiger partial charge in [-0.15, -0.1) is 0 Å². The monoisotopic (exact) mass is 434 g/mol. The summed E-state index contributed by atoms with van der Waals surface area (Å²) in [4.78, 5) is 32.1. The Balaban J connectivity index is 1.18. The van der Waals surface area contributed by atoms with Crippen molar-refractivity contribution in [2.45, 2.75) is 26.8 Å². The first-order valence-electron chi connectivity index (χ1n) is 11.4. The summed E-state index contributed by atoms with van der Waals surface area (Å²) in [7, 11) is 0. The Morgan fingerprint density at radius 2 is 1.94 bits per heavy atom. The zero-order chi connectivity index (χ0) is 22.1. The highest BCUT2D eigenvalue weighted by Crippen LogP contribution is 2.27. The fraction of sp³-hybridized carbons (Fsp3) is 0.458. The van der Waals surface area contributed by atoms with E-state index in [1.165, 1.54) is 16.6 Å². The molecule has 0 bridgehead atoms. The van der Waals surface area contributed by atoms with Crippen LogP contribution in [-0.2, 0) is 17.8 Å². The molecular formula is C24H30N6O2. The molecule has 0 saturated carbocycles. The van der Waals surface area contributed by atoms with E-state index in [4.69, 9.17) is 4.74 Å². The van der Waals surface area contributed by atoms with Crippen LogP contribution in [0.5, 0.6) is 5.88 Å². The molecule has 0 aliphatic carbocycles. The molecule has 3 aromatic rings. The maximum absolute atomic E-state index is 13.1. The van der Waals surface area contributed by atoms with Crippen LogP contribution in [0.4, 0.5) is 5.95 Å². The number of amides is 1. The third-order valence-corrected chi connectivity index (χ3v) is 6.36. The number of H-pyrrole nitrogens is 1. The van der Waals surface area contributed by atoms with E-state index in [9.17, 15) is 4.79 Å². The second-order valence-corrected chi connectivity index (χ2v) is 8.54. The highest BCUT2D eigenvalue weighted by molar-refractivity contribution is 5.86. The molecule has 0 radical (unpaired) electrons. The molecule has 168 valence electrons. The predicted molar refractivity (Wildman–Crippen MR) is 124 cm³/mol. The molecule has 2 aromatic heterocycles. The number of ether oxygens (including phenoxy) is 1. The lowest BCUT2D eigenvalue weighted by atomic mass is 10.0. The molecule has 8 nitrogen and oxygen atoms in total. The van der Waals surface area contributed by atoms with Crippen LogP contribution >= 0.6 is 0 Å². The minimum atomic E-state index is 0.208. The number of hydrogen-bond donors (Lipinski definition) is 1. The molecule has 1 amide bonds. The number of piperazine rings is 1. The van der Waals surface area contributed by atoms with Crippen molar-refractivity contribution in [1.82, 2.24) is 24.8 Å². The maximum atomic E-state index is 13.1. The van der Waals surface area contributed by atoms with E-state index in [-0.39, 0.29) is 5.91 Å². The van der Waals surface area contributed by atoms with Crippen molar-refractivity contribution < 1.29 is 9.53 Å². The molecule has 8 heteroatoms. The normalized spacial score (nSPS) is 16.9. The number of hydrogen-bond acceptors (Lipinski definition) is 6. The summed E-state index contributed by atoms with van der Waals surface area (Å²) in [6.45, 7) is 9.66. The SMILES string of the molecule is CCOc1cc(C)nc(N2CCN(CC(=O)N3CCc4[nH]c5ccccc5c4C3)CC2)n1. The number of benzene rings is 1. The van der Waals surface area contributed by atoms with E-state index < -0.39 is 0 Å².